The van der Waals surface area contributed by atoms with Crippen molar-refractivity contribution in [3.8, 4) is 5.75 Å². The molecule has 0 aliphatic heterocycles. The first-order valence-electron chi connectivity index (χ1n) is 6.92. The van der Waals surface area contributed by atoms with Crippen LogP contribution in [-0.4, -0.2) is 16.4 Å². The van der Waals surface area contributed by atoms with Crippen LogP contribution in [0.15, 0.2) is 48.5 Å². The van der Waals surface area contributed by atoms with Gasteiger partial charge in [-0.3, -0.25) is 4.79 Å². The van der Waals surface area contributed by atoms with Gasteiger partial charge < -0.3 is 10.4 Å². The number of nitrogens with one attached hydrogen (secondary N) is 1. The van der Waals surface area contributed by atoms with Crippen molar-refractivity contribution in [2.75, 3.05) is 0 Å². The lowest BCUT2D eigenvalue weighted by molar-refractivity contribution is -0.121. The van der Waals surface area contributed by atoms with Crippen molar-refractivity contribution >= 4 is 17.5 Å². The zero-order valence-corrected chi connectivity index (χ0v) is 12.2. The van der Waals surface area contributed by atoms with Gasteiger partial charge >= 0.3 is 0 Å². The fourth-order valence-electron chi connectivity index (χ4n) is 2.79. The van der Waals surface area contributed by atoms with E-state index in [0.29, 0.717) is 0 Å². The maximum atomic E-state index is 12.2. The smallest absolute Gasteiger partial charge is 0.224 e. The highest BCUT2D eigenvalue weighted by molar-refractivity contribution is 6.21. The van der Waals surface area contributed by atoms with Gasteiger partial charge in [0.25, 0.3) is 0 Å². The number of rotatable bonds is 3. The highest BCUT2D eigenvalue weighted by Gasteiger charge is 2.31. The van der Waals surface area contributed by atoms with Gasteiger partial charge in [0.05, 0.1) is 17.8 Å². The number of hydrogen-bond donors (Lipinski definition) is 2. The lowest BCUT2D eigenvalue weighted by Gasteiger charge is -2.17. The Bertz CT molecular complexity index is 671. The first kappa shape index (κ1) is 14.0. The summed E-state index contributed by atoms with van der Waals surface area (Å²) in [6.07, 6.45) is 1.01. The van der Waals surface area contributed by atoms with Gasteiger partial charge in [0.15, 0.2) is 0 Å². The molecule has 2 aromatic rings. The Kier molecular flexibility index (Phi) is 3.84. The topological polar surface area (TPSA) is 49.3 Å². The molecule has 3 nitrogen and oxygen atoms in total. The number of carbonyl (C=O) groups excluding carboxylic acids is 1. The molecule has 0 spiro atoms. The average Bonchev–Trinajstić information content (AvgIpc) is 2.75. The van der Waals surface area contributed by atoms with Gasteiger partial charge in [0, 0.05) is 0 Å². The predicted octanol–water partition coefficient (Wildman–Crippen LogP) is 2.96. The number of halogens is 1. The molecule has 2 aromatic carbocycles. The second kappa shape index (κ2) is 5.78. The predicted molar refractivity (Wildman–Crippen MR) is 82.5 cm³/mol. The fourth-order valence-corrected chi connectivity index (χ4v) is 3.16. The minimum atomic E-state index is -0.146. The van der Waals surface area contributed by atoms with Gasteiger partial charge in [-0.1, -0.05) is 36.4 Å². The molecule has 108 valence electrons. The summed E-state index contributed by atoms with van der Waals surface area (Å²) < 4.78 is 0. The summed E-state index contributed by atoms with van der Waals surface area (Å²) in [6.45, 7) is 0. The lowest BCUT2D eigenvalue weighted by atomic mass is 10.1. The molecule has 0 saturated heterocycles. The van der Waals surface area contributed by atoms with Crippen LogP contribution in [0, 0.1) is 0 Å². The Balaban J connectivity index is 1.70. The van der Waals surface area contributed by atoms with Crippen molar-refractivity contribution < 1.29 is 9.90 Å². The Morgan fingerprint density at radius 1 is 1.24 bits per heavy atom. The van der Waals surface area contributed by atoms with Crippen LogP contribution in [0.3, 0.4) is 0 Å². The minimum Gasteiger partial charge on any atom is -0.508 e. The molecule has 1 amide bonds. The molecular weight excluding hydrogens is 286 g/mol. The summed E-state index contributed by atoms with van der Waals surface area (Å²) in [6, 6.07) is 14.6. The molecule has 0 aromatic heterocycles. The van der Waals surface area contributed by atoms with E-state index < -0.39 is 0 Å². The first-order chi connectivity index (χ1) is 10.1. The van der Waals surface area contributed by atoms with E-state index in [0.717, 1.165) is 17.5 Å². The highest BCUT2D eigenvalue weighted by Crippen LogP contribution is 2.34. The number of phenols is 1. The van der Waals surface area contributed by atoms with E-state index in [1.807, 2.05) is 30.3 Å². The molecule has 1 aliphatic rings. The van der Waals surface area contributed by atoms with E-state index in [9.17, 15) is 9.90 Å². The number of carbonyl (C=O) groups is 1. The van der Waals surface area contributed by atoms with Gasteiger partial charge in [-0.25, -0.2) is 0 Å². The SMILES string of the molecule is O=C(Cc1cccc(O)c1)NC1c2ccccc2CC1Cl. The normalized spacial score (nSPS) is 20.0. The van der Waals surface area contributed by atoms with E-state index in [-0.39, 0.29) is 29.5 Å². The van der Waals surface area contributed by atoms with Gasteiger partial charge in [0.2, 0.25) is 5.91 Å². The number of amides is 1. The number of hydrogen-bond acceptors (Lipinski definition) is 2. The minimum absolute atomic E-state index is 0.0899. The monoisotopic (exact) mass is 301 g/mol. The summed E-state index contributed by atoms with van der Waals surface area (Å²) in [5, 5.41) is 12.3. The zero-order valence-electron chi connectivity index (χ0n) is 11.4. The van der Waals surface area contributed by atoms with Crippen LogP contribution in [0.1, 0.15) is 22.7 Å². The Morgan fingerprint density at radius 2 is 2.05 bits per heavy atom. The first-order valence-corrected chi connectivity index (χ1v) is 7.36. The number of phenolic OH excluding ortho intramolecular Hbond substituents is 1. The van der Waals surface area contributed by atoms with Crippen molar-refractivity contribution in [2.24, 2.45) is 0 Å². The summed E-state index contributed by atoms with van der Waals surface area (Å²) in [5.41, 5.74) is 3.08. The number of fused-ring (bicyclic) bond motifs is 1. The molecule has 3 rings (SSSR count). The van der Waals surface area contributed by atoms with Crippen molar-refractivity contribution in [3.05, 3.63) is 65.2 Å². The molecule has 0 heterocycles. The second-order valence-electron chi connectivity index (χ2n) is 5.31. The quantitative estimate of drug-likeness (QED) is 0.856. The molecule has 0 bridgehead atoms. The molecule has 21 heavy (non-hydrogen) atoms. The molecule has 1 aliphatic carbocycles. The van der Waals surface area contributed by atoms with Crippen LogP contribution >= 0.6 is 11.6 Å². The zero-order chi connectivity index (χ0) is 14.8. The van der Waals surface area contributed by atoms with Crippen LogP contribution in [-0.2, 0) is 17.6 Å². The van der Waals surface area contributed by atoms with E-state index in [4.69, 9.17) is 11.6 Å². The summed E-state index contributed by atoms with van der Waals surface area (Å²) in [7, 11) is 0. The standard InChI is InChI=1S/C17H16ClNO2/c18-15-10-12-5-1-2-7-14(12)17(15)19-16(21)9-11-4-3-6-13(20)8-11/h1-8,15,17,20H,9-10H2,(H,19,21). The molecule has 0 saturated carbocycles. The van der Waals surface area contributed by atoms with Crippen molar-refractivity contribution in [1.82, 2.24) is 5.32 Å². The van der Waals surface area contributed by atoms with Crippen LogP contribution in [0.5, 0.6) is 5.75 Å². The lowest BCUT2D eigenvalue weighted by Crippen LogP contribution is -2.32. The van der Waals surface area contributed by atoms with Crippen LogP contribution in [0.2, 0.25) is 0 Å². The Morgan fingerprint density at radius 3 is 2.86 bits per heavy atom. The van der Waals surface area contributed by atoms with Gasteiger partial charge in [0.1, 0.15) is 5.75 Å². The van der Waals surface area contributed by atoms with Gasteiger partial charge in [-0.15, -0.1) is 11.6 Å². The number of aromatic hydroxyl groups is 1. The van der Waals surface area contributed by atoms with E-state index in [1.54, 1.807) is 18.2 Å². The van der Waals surface area contributed by atoms with Crippen LogP contribution < -0.4 is 5.32 Å². The molecule has 2 N–H and O–H groups in total. The van der Waals surface area contributed by atoms with Crippen molar-refractivity contribution in [2.45, 2.75) is 24.3 Å². The molecule has 4 heteroatoms. The van der Waals surface area contributed by atoms with Crippen molar-refractivity contribution in [3.63, 3.8) is 0 Å². The van der Waals surface area contributed by atoms with E-state index >= 15 is 0 Å². The Hall–Kier alpha value is -2.00. The van der Waals surface area contributed by atoms with E-state index in [2.05, 4.69) is 5.32 Å². The maximum Gasteiger partial charge on any atom is 0.224 e. The third-order valence-electron chi connectivity index (χ3n) is 3.76. The van der Waals surface area contributed by atoms with Crippen molar-refractivity contribution in [1.29, 1.82) is 0 Å². The largest absolute Gasteiger partial charge is 0.508 e. The molecule has 2 unspecified atom stereocenters. The van der Waals surface area contributed by atoms with Gasteiger partial charge in [-0.05, 0) is 35.2 Å². The molecular formula is C17H16ClNO2. The van der Waals surface area contributed by atoms with Crippen LogP contribution in [0.25, 0.3) is 0 Å². The van der Waals surface area contributed by atoms with Crippen LogP contribution in [0.4, 0.5) is 0 Å². The van der Waals surface area contributed by atoms with E-state index in [1.165, 1.54) is 5.56 Å². The third-order valence-corrected chi connectivity index (χ3v) is 4.16. The van der Waals surface area contributed by atoms with Gasteiger partial charge in [-0.2, -0.15) is 0 Å². The third kappa shape index (κ3) is 3.03. The Labute approximate surface area is 128 Å². The number of alkyl halides is 1. The highest BCUT2D eigenvalue weighted by atomic mass is 35.5. The second-order valence-corrected chi connectivity index (χ2v) is 5.87. The molecule has 0 radical (unpaired) electrons. The summed E-state index contributed by atoms with van der Waals surface area (Å²) in [5.74, 6) is 0.0784. The summed E-state index contributed by atoms with van der Waals surface area (Å²) in [4.78, 5) is 12.2. The molecule has 2 atom stereocenters. The fraction of sp³-hybridized carbons (Fsp3) is 0.235. The molecule has 0 fully saturated rings. The maximum absolute atomic E-state index is 12.2. The average molecular weight is 302 g/mol. The number of benzene rings is 2. The summed E-state index contributed by atoms with van der Waals surface area (Å²) >= 11 is 6.36.